The van der Waals surface area contributed by atoms with Crippen molar-refractivity contribution < 1.29 is 19.1 Å². The molecule has 11 heteroatoms. The van der Waals surface area contributed by atoms with Crippen molar-refractivity contribution in [3.05, 3.63) is 51.2 Å². The van der Waals surface area contributed by atoms with Crippen LogP contribution in [-0.2, 0) is 14.3 Å². The molecule has 0 aliphatic carbocycles. The zero-order valence-electron chi connectivity index (χ0n) is 16.7. The molecule has 1 aliphatic heterocycles. The molecule has 1 aromatic carbocycles. The molecule has 1 aromatic heterocycles. The molecule has 162 valence electrons. The molecule has 2 amide bonds. The van der Waals surface area contributed by atoms with Crippen molar-refractivity contribution in [3.8, 4) is 0 Å². The first-order chi connectivity index (χ1) is 14.9. The molecule has 2 heterocycles. The molecule has 0 saturated carbocycles. The Labute approximate surface area is 192 Å². The fraction of sp³-hybridized carbons (Fsp3) is 0.250. The van der Waals surface area contributed by atoms with Crippen LogP contribution in [0.3, 0.4) is 0 Å². The first kappa shape index (κ1) is 23.0. The highest BCUT2D eigenvalue weighted by Crippen LogP contribution is 2.24. The predicted octanol–water partition coefficient (Wildman–Crippen LogP) is 3.92. The lowest BCUT2D eigenvalue weighted by atomic mass is 10.2. The second kappa shape index (κ2) is 10.6. The average molecular weight is 479 g/mol. The lowest BCUT2D eigenvalue weighted by Crippen LogP contribution is -2.28. The van der Waals surface area contributed by atoms with Crippen molar-refractivity contribution in [3.63, 3.8) is 0 Å². The molecule has 0 unspecified atom stereocenters. The van der Waals surface area contributed by atoms with E-state index in [-0.39, 0.29) is 24.8 Å². The number of nitrogens with one attached hydrogen (secondary N) is 2. The van der Waals surface area contributed by atoms with Crippen molar-refractivity contribution in [2.45, 2.75) is 25.5 Å². The zero-order valence-corrected chi connectivity index (χ0v) is 19.1. The predicted molar refractivity (Wildman–Crippen MR) is 124 cm³/mol. The molecule has 2 N–H and O–H groups in total. The highest BCUT2D eigenvalue weighted by Gasteiger charge is 2.32. The van der Waals surface area contributed by atoms with Gasteiger partial charge in [-0.1, -0.05) is 23.4 Å². The lowest BCUT2D eigenvalue weighted by Gasteiger charge is -2.08. The minimum atomic E-state index is -0.607. The third-order valence-electron chi connectivity index (χ3n) is 4.05. The fourth-order valence-electron chi connectivity index (χ4n) is 2.55. The number of ether oxygens (including phenoxy) is 1. The Morgan fingerprint density at radius 1 is 1.23 bits per heavy atom. The number of hydrogen-bond donors (Lipinski definition) is 2. The second-order valence-electron chi connectivity index (χ2n) is 6.34. The van der Waals surface area contributed by atoms with Crippen molar-refractivity contribution in [1.82, 2.24) is 5.32 Å². The molecule has 0 spiro atoms. The molecule has 0 radical (unpaired) electrons. The van der Waals surface area contributed by atoms with Crippen molar-refractivity contribution >= 4 is 69.0 Å². The standard InChI is InChI=1S/C20H19ClN4O4S2/c1-3-29-19(28)12-4-6-13(7-5-12)22-17(26)10-15-18(27)23-20(31-15)25-24-11(2)14-8-9-16(21)30-14/h4-9,15H,3,10H2,1-2H3,(H,22,26)(H,23,25,27)/b24-11-/t15-/m0/s1. The van der Waals surface area contributed by atoms with Crippen molar-refractivity contribution in [2.75, 3.05) is 11.9 Å². The van der Waals surface area contributed by atoms with Crippen LogP contribution in [0, 0.1) is 0 Å². The van der Waals surface area contributed by atoms with E-state index < -0.39 is 11.2 Å². The van der Waals surface area contributed by atoms with E-state index in [9.17, 15) is 14.4 Å². The van der Waals surface area contributed by atoms with Gasteiger partial charge in [0.05, 0.1) is 27.1 Å². The largest absolute Gasteiger partial charge is 0.462 e. The minimum Gasteiger partial charge on any atom is -0.462 e. The van der Waals surface area contributed by atoms with Gasteiger partial charge in [0.25, 0.3) is 0 Å². The van der Waals surface area contributed by atoms with Gasteiger partial charge in [-0.15, -0.1) is 16.4 Å². The topological polar surface area (TPSA) is 109 Å². The molecule has 2 aromatic rings. The van der Waals surface area contributed by atoms with Gasteiger partial charge in [0, 0.05) is 12.1 Å². The van der Waals surface area contributed by atoms with Gasteiger partial charge in [0.1, 0.15) is 5.25 Å². The van der Waals surface area contributed by atoms with E-state index in [1.165, 1.54) is 11.3 Å². The number of thioether (sulfide) groups is 1. The molecule has 1 fully saturated rings. The maximum atomic E-state index is 12.3. The number of amidine groups is 1. The first-order valence-electron chi connectivity index (χ1n) is 9.28. The van der Waals surface area contributed by atoms with E-state index in [4.69, 9.17) is 16.3 Å². The Morgan fingerprint density at radius 3 is 2.61 bits per heavy atom. The van der Waals surface area contributed by atoms with Crippen molar-refractivity contribution in [1.29, 1.82) is 0 Å². The number of anilines is 1. The van der Waals surface area contributed by atoms with Gasteiger partial charge in [-0.05, 0) is 50.2 Å². The van der Waals surface area contributed by atoms with Gasteiger partial charge >= 0.3 is 5.97 Å². The number of carbonyl (C=O) groups is 3. The summed E-state index contributed by atoms with van der Waals surface area (Å²) in [5, 5.41) is 13.3. The minimum absolute atomic E-state index is 0.0294. The summed E-state index contributed by atoms with van der Waals surface area (Å²) in [6.45, 7) is 3.82. The average Bonchev–Trinajstić information content (AvgIpc) is 3.32. The Hall–Kier alpha value is -2.69. The Kier molecular flexibility index (Phi) is 7.83. The molecule has 1 saturated heterocycles. The third kappa shape index (κ3) is 6.39. The van der Waals surface area contributed by atoms with Crippen LogP contribution in [0.2, 0.25) is 4.34 Å². The van der Waals surface area contributed by atoms with E-state index in [1.54, 1.807) is 44.2 Å². The number of thiophene rings is 1. The number of benzene rings is 1. The van der Waals surface area contributed by atoms with Crippen LogP contribution in [0.4, 0.5) is 5.69 Å². The SMILES string of the molecule is CCOC(=O)c1ccc(NC(=O)C[C@@H]2S/C(=N\N=C(\C)c3ccc(Cl)s3)NC2=O)cc1. The number of hydrogen-bond acceptors (Lipinski definition) is 8. The molecular weight excluding hydrogens is 460 g/mol. The third-order valence-corrected chi connectivity index (χ3v) is 6.46. The highest BCUT2D eigenvalue weighted by molar-refractivity contribution is 8.15. The number of amides is 2. The summed E-state index contributed by atoms with van der Waals surface area (Å²) in [7, 11) is 0. The van der Waals surface area contributed by atoms with E-state index in [1.807, 2.05) is 6.07 Å². The van der Waals surface area contributed by atoms with E-state index >= 15 is 0 Å². The quantitative estimate of drug-likeness (QED) is 0.356. The van der Waals surface area contributed by atoms with Gasteiger partial charge in [0.2, 0.25) is 11.8 Å². The number of nitrogens with zero attached hydrogens (tertiary/aromatic N) is 2. The van der Waals surface area contributed by atoms with Gasteiger partial charge in [0.15, 0.2) is 5.17 Å². The maximum Gasteiger partial charge on any atom is 0.338 e. The lowest BCUT2D eigenvalue weighted by molar-refractivity contribution is -0.122. The molecular formula is C20H19ClN4O4S2. The van der Waals surface area contributed by atoms with Crippen LogP contribution in [0.1, 0.15) is 35.5 Å². The molecule has 8 nitrogen and oxygen atoms in total. The highest BCUT2D eigenvalue weighted by atomic mass is 35.5. The van der Waals surface area contributed by atoms with Crippen LogP contribution in [-0.4, -0.2) is 40.5 Å². The summed E-state index contributed by atoms with van der Waals surface area (Å²) in [6, 6.07) is 9.96. The normalized spacial score (nSPS) is 17.5. The van der Waals surface area contributed by atoms with Gasteiger partial charge in [-0.3, -0.25) is 9.59 Å². The summed E-state index contributed by atoms with van der Waals surface area (Å²) in [5.41, 5.74) is 1.59. The molecule has 31 heavy (non-hydrogen) atoms. The Morgan fingerprint density at radius 2 is 1.97 bits per heavy atom. The van der Waals surface area contributed by atoms with Crippen LogP contribution < -0.4 is 10.6 Å². The summed E-state index contributed by atoms with van der Waals surface area (Å²) >= 11 is 8.45. The number of esters is 1. The summed E-state index contributed by atoms with van der Waals surface area (Å²) in [6.07, 6.45) is -0.0294. The molecule has 0 bridgehead atoms. The smallest absolute Gasteiger partial charge is 0.338 e. The van der Waals surface area contributed by atoms with E-state index in [0.29, 0.717) is 26.5 Å². The monoisotopic (exact) mass is 478 g/mol. The van der Waals surface area contributed by atoms with Gasteiger partial charge in [-0.25, -0.2) is 4.79 Å². The first-order valence-corrected chi connectivity index (χ1v) is 11.4. The maximum absolute atomic E-state index is 12.3. The fourth-order valence-corrected chi connectivity index (χ4v) is 4.45. The van der Waals surface area contributed by atoms with Crippen LogP contribution in [0.15, 0.2) is 46.6 Å². The Bertz CT molecular complexity index is 1050. The summed E-state index contributed by atoms with van der Waals surface area (Å²) in [5.74, 6) is -1.06. The van der Waals surface area contributed by atoms with Crippen molar-refractivity contribution in [2.24, 2.45) is 10.2 Å². The van der Waals surface area contributed by atoms with Crippen LogP contribution >= 0.6 is 34.7 Å². The van der Waals surface area contributed by atoms with Crippen LogP contribution in [0.25, 0.3) is 0 Å². The van der Waals surface area contributed by atoms with Gasteiger partial charge in [-0.2, -0.15) is 5.10 Å². The molecule has 1 aliphatic rings. The summed E-state index contributed by atoms with van der Waals surface area (Å²) in [4.78, 5) is 37.0. The number of rotatable bonds is 7. The molecule has 3 rings (SSSR count). The number of halogens is 1. The Balaban J connectivity index is 1.54. The van der Waals surface area contributed by atoms with E-state index in [2.05, 4.69) is 20.8 Å². The van der Waals surface area contributed by atoms with Gasteiger partial charge < -0.3 is 15.4 Å². The number of carbonyl (C=O) groups excluding carboxylic acids is 3. The van der Waals surface area contributed by atoms with Crippen LogP contribution in [0.5, 0.6) is 0 Å². The summed E-state index contributed by atoms with van der Waals surface area (Å²) < 4.78 is 5.58. The molecule has 1 atom stereocenters. The second-order valence-corrected chi connectivity index (χ2v) is 9.25. The van der Waals surface area contributed by atoms with E-state index in [0.717, 1.165) is 16.6 Å². The zero-order chi connectivity index (χ0) is 22.4.